The number of methoxy groups -OCH3 is 1. The minimum atomic E-state index is -0.155. The molecule has 0 bridgehead atoms. The molecule has 0 spiro atoms. The maximum atomic E-state index is 13.2. The number of nitrogens with one attached hydrogen (secondary N) is 1. The van der Waals surface area contributed by atoms with Crippen LogP contribution in [0, 0.1) is 0 Å². The summed E-state index contributed by atoms with van der Waals surface area (Å²) < 4.78 is 7.42. The summed E-state index contributed by atoms with van der Waals surface area (Å²) in [6, 6.07) is 13.3. The first kappa shape index (κ1) is 22.6. The Balaban J connectivity index is 1.39. The molecule has 0 saturated carbocycles. The summed E-state index contributed by atoms with van der Waals surface area (Å²) in [4.78, 5) is 33.3. The molecule has 3 heterocycles. The molecule has 1 N–H and O–H groups in total. The van der Waals surface area contributed by atoms with Crippen LogP contribution in [0.15, 0.2) is 47.3 Å². The summed E-state index contributed by atoms with van der Waals surface area (Å²) in [5.74, 6) is 1.51. The molecule has 7 nitrogen and oxygen atoms in total. The minimum Gasteiger partial charge on any atom is -0.496 e. The van der Waals surface area contributed by atoms with E-state index in [2.05, 4.69) is 16.3 Å². The number of aromatic nitrogens is 2. The van der Waals surface area contributed by atoms with Crippen molar-refractivity contribution in [2.75, 3.05) is 26.7 Å². The average molecular weight is 461 g/mol. The van der Waals surface area contributed by atoms with Crippen molar-refractivity contribution in [2.24, 2.45) is 0 Å². The van der Waals surface area contributed by atoms with Gasteiger partial charge in [0.2, 0.25) is 0 Å². The normalized spacial score (nSPS) is 17.2. The van der Waals surface area contributed by atoms with Gasteiger partial charge in [0.25, 0.3) is 11.5 Å². The van der Waals surface area contributed by atoms with E-state index in [9.17, 15) is 9.59 Å². The fraction of sp³-hybridized carbons (Fsp3) is 0.444. The molecule has 1 atom stereocenters. The molecule has 0 radical (unpaired) electrons. The third-order valence-electron chi connectivity index (χ3n) is 7.11. The summed E-state index contributed by atoms with van der Waals surface area (Å²) >= 11 is 0. The highest BCUT2D eigenvalue weighted by Gasteiger charge is 2.26. The second-order valence-corrected chi connectivity index (χ2v) is 9.24. The molecule has 2 aromatic carbocycles. The van der Waals surface area contributed by atoms with Crippen molar-refractivity contribution in [3.63, 3.8) is 0 Å². The summed E-state index contributed by atoms with van der Waals surface area (Å²) in [5, 5.41) is 3.71. The molecule has 7 heteroatoms. The van der Waals surface area contributed by atoms with Gasteiger partial charge < -0.3 is 10.1 Å². The van der Waals surface area contributed by atoms with Crippen molar-refractivity contribution in [2.45, 2.75) is 51.1 Å². The number of hydrogen-bond donors (Lipinski definition) is 1. The second-order valence-electron chi connectivity index (χ2n) is 9.24. The van der Waals surface area contributed by atoms with Crippen LogP contribution in [0.5, 0.6) is 5.75 Å². The summed E-state index contributed by atoms with van der Waals surface area (Å²) in [6.45, 7) is 3.22. The van der Waals surface area contributed by atoms with E-state index in [0.29, 0.717) is 23.0 Å². The number of likely N-dealkylation sites (tertiary alicyclic amines) is 1. The van der Waals surface area contributed by atoms with Crippen molar-refractivity contribution in [3.05, 3.63) is 69.8 Å². The van der Waals surface area contributed by atoms with Gasteiger partial charge in [-0.05, 0) is 63.0 Å². The summed E-state index contributed by atoms with van der Waals surface area (Å²) in [6.07, 6.45) is 6.28. The highest BCUT2D eigenvalue weighted by Crippen LogP contribution is 2.31. The van der Waals surface area contributed by atoms with E-state index >= 15 is 0 Å². The van der Waals surface area contributed by atoms with Gasteiger partial charge in [-0.3, -0.25) is 19.1 Å². The van der Waals surface area contributed by atoms with Crippen LogP contribution in [0.2, 0.25) is 0 Å². The number of benzene rings is 2. The van der Waals surface area contributed by atoms with E-state index in [4.69, 9.17) is 9.72 Å². The number of para-hydroxylation sites is 1. The van der Waals surface area contributed by atoms with Gasteiger partial charge in [0, 0.05) is 30.6 Å². The van der Waals surface area contributed by atoms with E-state index in [0.717, 1.165) is 75.3 Å². The van der Waals surface area contributed by atoms with Crippen LogP contribution in [0.1, 0.15) is 59.9 Å². The molecule has 1 saturated heterocycles. The zero-order chi connectivity index (χ0) is 23.5. The predicted molar refractivity (Wildman–Crippen MR) is 132 cm³/mol. The Morgan fingerprint density at radius 3 is 2.68 bits per heavy atom. The molecule has 178 valence electrons. The lowest BCUT2D eigenvalue weighted by Gasteiger charge is -2.29. The van der Waals surface area contributed by atoms with Gasteiger partial charge in [-0.2, -0.15) is 0 Å². The number of hydrogen-bond acceptors (Lipinski definition) is 5. The molecule has 1 amide bonds. The van der Waals surface area contributed by atoms with Crippen LogP contribution in [-0.4, -0.2) is 47.1 Å². The first-order chi connectivity index (χ1) is 16.7. The van der Waals surface area contributed by atoms with Gasteiger partial charge in [0.05, 0.1) is 24.1 Å². The molecular formula is C27H32N4O3. The van der Waals surface area contributed by atoms with Crippen LogP contribution >= 0.6 is 0 Å². The first-order valence-corrected chi connectivity index (χ1v) is 12.3. The second kappa shape index (κ2) is 9.97. The number of carbonyl (C=O) groups is 1. The van der Waals surface area contributed by atoms with Gasteiger partial charge in [-0.1, -0.05) is 24.6 Å². The lowest BCUT2D eigenvalue weighted by molar-refractivity contribution is 0.0937. The van der Waals surface area contributed by atoms with Crippen molar-refractivity contribution in [3.8, 4) is 5.75 Å². The van der Waals surface area contributed by atoms with E-state index in [1.165, 1.54) is 0 Å². The van der Waals surface area contributed by atoms with E-state index in [1.54, 1.807) is 25.3 Å². The Bertz CT molecular complexity index is 1250. The number of nitrogens with zero attached hydrogens (tertiary/aromatic N) is 3. The topological polar surface area (TPSA) is 76.5 Å². The summed E-state index contributed by atoms with van der Waals surface area (Å²) in [5.41, 5.74) is 2.21. The van der Waals surface area contributed by atoms with Crippen LogP contribution in [0.3, 0.4) is 0 Å². The average Bonchev–Trinajstić information content (AvgIpc) is 3.29. The van der Waals surface area contributed by atoms with Gasteiger partial charge >= 0.3 is 0 Å². The zero-order valence-corrected chi connectivity index (χ0v) is 19.8. The SMILES string of the molecule is COc1ccccc1C(CNC(=O)c1ccc2c(=O)n3c(nc2c1)CCCCC3)N1CCCC1. The van der Waals surface area contributed by atoms with Crippen LogP contribution in [-0.2, 0) is 13.0 Å². The van der Waals surface area contributed by atoms with Gasteiger partial charge in [0.15, 0.2) is 0 Å². The Morgan fingerprint density at radius 1 is 1.06 bits per heavy atom. The van der Waals surface area contributed by atoms with E-state index in [-0.39, 0.29) is 17.5 Å². The quantitative estimate of drug-likeness (QED) is 0.607. The third kappa shape index (κ3) is 4.44. The largest absolute Gasteiger partial charge is 0.496 e. The van der Waals surface area contributed by atoms with Crippen LogP contribution in [0.25, 0.3) is 10.9 Å². The maximum Gasteiger partial charge on any atom is 0.261 e. The number of ether oxygens (including phenoxy) is 1. The molecular weight excluding hydrogens is 428 g/mol. The molecule has 1 unspecified atom stereocenters. The predicted octanol–water partition coefficient (Wildman–Crippen LogP) is 3.70. The Morgan fingerprint density at radius 2 is 1.85 bits per heavy atom. The van der Waals surface area contributed by atoms with E-state index in [1.807, 2.05) is 22.8 Å². The highest BCUT2D eigenvalue weighted by atomic mass is 16.5. The van der Waals surface area contributed by atoms with Gasteiger partial charge in [-0.25, -0.2) is 4.98 Å². The molecule has 2 aliphatic rings. The highest BCUT2D eigenvalue weighted by molar-refractivity contribution is 5.97. The number of rotatable bonds is 6. The van der Waals surface area contributed by atoms with Gasteiger partial charge in [0.1, 0.15) is 11.6 Å². The molecule has 0 aliphatic carbocycles. The molecule has 2 aliphatic heterocycles. The fourth-order valence-corrected chi connectivity index (χ4v) is 5.28. The van der Waals surface area contributed by atoms with E-state index < -0.39 is 0 Å². The lowest BCUT2D eigenvalue weighted by atomic mass is 10.0. The first-order valence-electron chi connectivity index (χ1n) is 12.3. The van der Waals surface area contributed by atoms with Crippen molar-refractivity contribution in [1.82, 2.24) is 19.8 Å². The smallest absolute Gasteiger partial charge is 0.261 e. The van der Waals surface area contributed by atoms with Gasteiger partial charge in [-0.15, -0.1) is 0 Å². The number of aryl methyl sites for hydroxylation is 1. The molecule has 3 aromatic rings. The monoisotopic (exact) mass is 460 g/mol. The Labute approximate surface area is 199 Å². The zero-order valence-electron chi connectivity index (χ0n) is 19.8. The molecule has 5 rings (SSSR count). The number of amides is 1. The van der Waals surface area contributed by atoms with Crippen molar-refractivity contribution < 1.29 is 9.53 Å². The maximum absolute atomic E-state index is 13.2. The number of carbonyl (C=O) groups excluding carboxylic acids is 1. The molecule has 1 fully saturated rings. The van der Waals surface area contributed by atoms with Crippen LogP contribution < -0.4 is 15.6 Å². The Kier molecular flexibility index (Phi) is 6.63. The van der Waals surface area contributed by atoms with Crippen molar-refractivity contribution >= 4 is 16.8 Å². The van der Waals surface area contributed by atoms with Crippen LogP contribution in [0.4, 0.5) is 0 Å². The molecule has 1 aromatic heterocycles. The lowest BCUT2D eigenvalue weighted by Crippen LogP contribution is -2.37. The fourth-order valence-electron chi connectivity index (χ4n) is 5.28. The molecule has 34 heavy (non-hydrogen) atoms. The van der Waals surface area contributed by atoms with Crippen molar-refractivity contribution in [1.29, 1.82) is 0 Å². The Hall–Kier alpha value is -3.19. The standard InChI is InChI=1S/C27H32N4O3/c1-34-24-10-5-4-9-21(24)23(30-14-7-8-15-30)18-28-26(32)19-12-13-20-22(17-19)29-25-11-3-2-6-16-31(25)27(20)33/h4-5,9-10,12-13,17,23H,2-3,6-8,11,14-16,18H2,1H3,(H,28,32). The minimum absolute atomic E-state index is 0.000807. The third-order valence-corrected chi connectivity index (χ3v) is 7.11. The summed E-state index contributed by atoms with van der Waals surface area (Å²) in [7, 11) is 1.68. The number of fused-ring (bicyclic) bond motifs is 2.